The van der Waals surface area contributed by atoms with Gasteiger partial charge in [0.25, 0.3) is 0 Å². The van der Waals surface area contributed by atoms with Gasteiger partial charge in [-0.3, -0.25) is 4.99 Å². The second-order valence-corrected chi connectivity index (χ2v) is 6.52. The molecule has 1 aromatic heterocycles. The molecule has 1 aliphatic rings. The van der Waals surface area contributed by atoms with Crippen LogP contribution in [0.1, 0.15) is 25.1 Å². The summed E-state index contributed by atoms with van der Waals surface area (Å²) < 4.78 is 5.47. The standard InChI is InChI=1S/C14H23N3OS/c1-14(2)11(8-12(14)18-4)17-13(15-3)16-9-10-6-5-7-19-10/h5-7,11-12H,8-9H2,1-4H3,(H2,15,16,17). The fourth-order valence-electron chi connectivity index (χ4n) is 2.47. The molecule has 0 radical (unpaired) electrons. The Morgan fingerprint density at radius 2 is 2.37 bits per heavy atom. The molecule has 4 nitrogen and oxygen atoms in total. The van der Waals surface area contributed by atoms with Crippen molar-refractivity contribution in [3.8, 4) is 0 Å². The normalized spacial score (nSPS) is 25.8. The van der Waals surface area contributed by atoms with Crippen molar-refractivity contribution >= 4 is 17.3 Å². The fraction of sp³-hybridized carbons (Fsp3) is 0.643. The third-order valence-corrected chi connectivity index (χ3v) is 4.88. The van der Waals surface area contributed by atoms with E-state index in [0.29, 0.717) is 12.1 Å². The van der Waals surface area contributed by atoms with E-state index < -0.39 is 0 Å². The molecule has 0 saturated heterocycles. The van der Waals surface area contributed by atoms with Crippen LogP contribution in [0.2, 0.25) is 0 Å². The van der Waals surface area contributed by atoms with Gasteiger partial charge in [0, 0.05) is 30.5 Å². The van der Waals surface area contributed by atoms with E-state index in [0.717, 1.165) is 18.9 Å². The first-order valence-corrected chi connectivity index (χ1v) is 7.48. The van der Waals surface area contributed by atoms with Gasteiger partial charge in [0.1, 0.15) is 0 Å². The first kappa shape index (κ1) is 14.3. The van der Waals surface area contributed by atoms with Gasteiger partial charge in [-0.1, -0.05) is 19.9 Å². The summed E-state index contributed by atoms with van der Waals surface area (Å²) in [6, 6.07) is 4.60. The van der Waals surface area contributed by atoms with E-state index in [9.17, 15) is 0 Å². The second-order valence-electron chi connectivity index (χ2n) is 5.48. The van der Waals surface area contributed by atoms with Gasteiger partial charge in [-0.05, 0) is 17.9 Å². The smallest absolute Gasteiger partial charge is 0.191 e. The first-order chi connectivity index (χ1) is 9.07. The lowest BCUT2D eigenvalue weighted by molar-refractivity contribution is -0.0922. The maximum Gasteiger partial charge on any atom is 0.191 e. The van der Waals surface area contributed by atoms with Gasteiger partial charge in [0.05, 0.1) is 12.6 Å². The molecule has 19 heavy (non-hydrogen) atoms. The van der Waals surface area contributed by atoms with E-state index in [2.05, 4.69) is 47.0 Å². The third kappa shape index (κ3) is 3.09. The predicted molar refractivity (Wildman–Crippen MR) is 80.6 cm³/mol. The summed E-state index contributed by atoms with van der Waals surface area (Å²) in [6.45, 7) is 5.28. The number of hydrogen-bond donors (Lipinski definition) is 2. The van der Waals surface area contributed by atoms with Crippen molar-refractivity contribution in [2.45, 2.75) is 39.0 Å². The molecule has 2 N–H and O–H groups in total. The maximum absolute atomic E-state index is 5.47. The highest BCUT2D eigenvalue weighted by atomic mass is 32.1. The van der Waals surface area contributed by atoms with Crippen LogP contribution < -0.4 is 10.6 Å². The van der Waals surface area contributed by atoms with Crippen molar-refractivity contribution in [2.75, 3.05) is 14.2 Å². The summed E-state index contributed by atoms with van der Waals surface area (Å²) in [5.74, 6) is 0.862. The number of ether oxygens (including phenoxy) is 1. The number of hydrogen-bond acceptors (Lipinski definition) is 3. The molecule has 0 amide bonds. The largest absolute Gasteiger partial charge is 0.381 e. The highest BCUT2D eigenvalue weighted by molar-refractivity contribution is 7.09. The molecular weight excluding hydrogens is 258 g/mol. The maximum atomic E-state index is 5.47. The molecule has 1 fully saturated rings. The van der Waals surface area contributed by atoms with Crippen LogP contribution >= 0.6 is 11.3 Å². The Labute approximate surface area is 119 Å². The van der Waals surface area contributed by atoms with Gasteiger partial charge < -0.3 is 15.4 Å². The minimum Gasteiger partial charge on any atom is -0.381 e. The van der Waals surface area contributed by atoms with E-state index >= 15 is 0 Å². The number of rotatable bonds is 4. The molecular formula is C14H23N3OS. The molecule has 0 aromatic carbocycles. The number of nitrogens with one attached hydrogen (secondary N) is 2. The van der Waals surface area contributed by atoms with Crippen LogP contribution in [-0.4, -0.2) is 32.3 Å². The zero-order chi connectivity index (χ0) is 13.9. The van der Waals surface area contributed by atoms with Crippen molar-refractivity contribution in [1.29, 1.82) is 0 Å². The topological polar surface area (TPSA) is 45.7 Å². The molecule has 1 saturated carbocycles. The minimum absolute atomic E-state index is 0.148. The van der Waals surface area contributed by atoms with Crippen LogP contribution in [0, 0.1) is 5.41 Å². The molecule has 106 valence electrons. The predicted octanol–water partition coefficient (Wildman–Crippen LogP) is 2.23. The molecule has 1 aliphatic carbocycles. The van der Waals surface area contributed by atoms with Crippen LogP contribution in [0.5, 0.6) is 0 Å². The lowest BCUT2D eigenvalue weighted by Crippen LogP contribution is -2.63. The van der Waals surface area contributed by atoms with E-state index in [1.165, 1.54) is 4.88 Å². The fourth-order valence-corrected chi connectivity index (χ4v) is 3.12. The lowest BCUT2D eigenvalue weighted by atomic mass is 9.64. The van der Waals surface area contributed by atoms with Crippen molar-refractivity contribution in [3.05, 3.63) is 22.4 Å². The number of guanidine groups is 1. The Bertz CT molecular complexity index is 428. The number of methoxy groups -OCH3 is 1. The van der Waals surface area contributed by atoms with E-state index in [4.69, 9.17) is 4.74 Å². The molecule has 0 spiro atoms. The van der Waals surface area contributed by atoms with Crippen LogP contribution in [0.25, 0.3) is 0 Å². The lowest BCUT2D eigenvalue weighted by Gasteiger charge is -2.51. The summed E-state index contributed by atoms with van der Waals surface area (Å²) in [5, 5.41) is 8.92. The summed E-state index contributed by atoms with van der Waals surface area (Å²) in [4.78, 5) is 5.59. The number of nitrogens with zero attached hydrogens (tertiary/aromatic N) is 1. The average molecular weight is 281 g/mol. The molecule has 2 rings (SSSR count). The van der Waals surface area contributed by atoms with E-state index in [1.807, 2.05) is 7.05 Å². The summed E-state index contributed by atoms with van der Waals surface area (Å²) >= 11 is 1.75. The SMILES string of the molecule is CN=C(NCc1cccs1)NC1CC(OC)C1(C)C. The van der Waals surface area contributed by atoms with Gasteiger partial charge >= 0.3 is 0 Å². The zero-order valence-corrected chi connectivity index (χ0v) is 12.9. The number of aliphatic imine (C=N–C) groups is 1. The summed E-state index contributed by atoms with van der Waals surface area (Å²) in [5.41, 5.74) is 0.148. The van der Waals surface area contributed by atoms with Gasteiger partial charge in [0.15, 0.2) is 5.96 Å². The number of thiophene rings is 1. The molecule has 2 atom stereocenters. The van der Waals surface area contributed by atoms with Crippen molar-refractivity contribution < 1.29 is 4.74 Å². The van der Waals surface area contributed by atoms with Crippen LogP contribution in [0.3, 0.4) is 0 Å². The van der Waals surface area contributed by atoms with Gasteiger partial charge in [-0.2, -0.15) is 0 Å². The van der Waals surface area contributed by atoms with Gasteiger partial charge in [-0.25, -0.2) is 0 Å². The Morgan fingerprint density at radius 3 is 2.89 bits per heavy atom. The summed E-state index contributed by atoms with van der Waals surface area (Å²) in [7, 11) is 3.59. The van der Waals surface area contributed by atoms with Crippen LogP contribution in [0.15, 0.2) is 22.5 Å². The van der Waals surface area contributed by atoms with Crippen molar-refractivity contribution in [1.82, 2.24) is 10.6 Å². The average Bonchev–Trinajstić information content (AvgIpc) is 2.90. The van der Waals surface area contributed by atoms with E-state index in [-0.39, 0.29) is 5.41 Å². The van der Waals surface area contributed by atoms with Crippen molar-refractivity contribution in [2.24, 2.45) is 10.4 Å². The Hall–Kier alpha value is -1.07. The zero-order valence-electron chi connectivity index (χ0n) is 12.1. The highest BCUT2D eigenvalue weighted by Crippen LogP contribution is 2.42. The molecule has 2 unspecified atom stereocenters. The first-order valence-electron chi connectivity index (χ1n) is 6.60. The highest BCUT2D eigenvalue weighted by Gasteiger charge is 2.48. The Morgan fingerprint density at radius 1 is 1.58 bits per heavy atom. The molecule has 1 aromatic rings. The summed E-state index contributed by atoms with van der Waals surface area (Å²) in [6.07, 6.45) is 1.36. The third-order valence-electron chi connectivity index (χ3n) is 4.01. The molecule has 1 heterocycles. The van der Waals surface area contributed by atoms with Crippen LogP contribution in [0.4, 0.5) is 0 Å². The van der Waals surface area contributed by atoms with E-state index in [1.54, 1.807) is 18.4 Å². The van der Waals surface area contributed by atoms with Gasteiger partial charge in [0.2, 0.25) is 0 Å². The van der Waals surface area contributed by atoms with Crippen molar-refractivity contribution in [3.63, 3.8) is 0 Å². The Balaban J connectivity index is 1.84. The molecule has 0 bridgehead atoms. The minimum atomic E-state index is 0.148. The Kier molecular flexibility index (Phi) is 4.47. The second kappa shape index (κ2) is 5.92. The molecule has 5 heteroatoms. The molecule has 0 aliphatic heterocycles. The quantitative estimate of drug-likeness (QED) is 0.657. The monoisotopic (exact) mass is 281 g/mol. The van der Waals surface area contributed by atoms with Gasteiger partial charge in [-0.15, -0.1) is 11.3 Å². The van der Waals surface area contributed by atoms with Crippen LogP contribution in [-0.2, 0) is 11.3 Å².